The minimum atomic E-state index is -0.114. The van der Waals surface area contributed by atoms with Crippen molar-refractivity contribution in [1.82, 2.24) is 9.88 Å². The Morgan fingerprint density at radius 1 is 1.36 bits per heavy atom. The van der Waals surface area contributed by atoms with Crippen molar-refractivity contribution < 1.29 is 13.9 Å². The summed E-state index contributed by atoms with van der Waals surface area (Å²) < 4.78 is 11.3. The van der Waals surface area contributed by atoms with Crippen molar-refractivity contribution in [2.24, 2.45) is 11.7 Å². The fourth-order valence-corrected chi connectivity index (χ4v) is 3.66. The van der Waals surface area contributed by atoms with Gasteiger partial charge in [0, 0.05) is 37.5 Å². The Hall–Kier alpha value is -1.11. The van der Waals surface area contributed by atoms with Crippen molar-refractivity contribution in [2.75, 3.05) is 13.7 Å². The quantitative estimate of drug-likeness (QED) is 0.863. The van der Waals surface area contributed by atoms with Crippen LogP contribution in [0.5, 0.6) is 0 Å². The van der Waals surface area contributed by atoms with Crippen LogP contribution in [0.15, 0.2) is 4.42 Å². The highest BCUT2D eigenvalue weighted by Gasteiger charge is 2.36. The van der Waals surface area contributed by atoms with E-state index in [9.17, 15) is 4.79 Å². The van der Waals surface area contributed by atoms with Crippen LogP contribution in [0.2, 0.25) is 0 Å². The largest absolute Gasteiger partial charge is 0.445 e. The molecule has 1 aromatic rings. The van der Waals surface area contributed by atoms with Crippen LogP contribution < -0.4 is 5.73 Å². The summed E-state index contributed by atoms with van der Waals surface area (Å²) in [6.45, 7) is 7.51. The zero-order valence-corrected chi connectivity index (χ0v) is 16.4. The minimum Gasteiger partial charge on any atom is -0.445 e. The molecule has 1 aliphatic carbocycles. The fraction of sp³-hybridized carbons (Fsp3) is 0.778. The van der Waals surface area contributed by atoms with Gasteiger partial charge >= 0.3 is 0 Å². The van der Waals surface area contributed by atoms with Gasteiger partial charge in [0.25, 0.3) is 0 Å². The summed E-state index contributed by atoms with van der Waals surface area (Å²) in [5, 5.41) is 0. The van der Waals surface area contributed by atoms with Gasteiger partial charge in [-0.3, -0.25) is 4.79 Å². The maximum absolute atomic E-state index is 12.9. The van der Waals surface area contributed by atoms with Gasteiger partial charge in [-0.05, 0) is 19.3 Å². The first kappa shape index (κ1) is 20.2. The highest BCUT2D eigenvalue weighted by molar-refractivity contribution is 5.85. The van der Waals surface area contributed by atoms with E-state index in [4.69, 9.17) is 14.9 Å². The molecule has 0 bridgehead atoms. The molecular weight excluding hydrogens is 342 g/mol. The molecule has 3 atom stereocenters. The number of carbonyl (C=O) groups is 1. The molecular formula is C18H30ClN3O3. The molecule has 0 aromatic carbocycles. The third-order valence-electron chi connectivity index (χ3n) is 5.17. The van der Waals surface area contributed by atoms with Crippen molar-refractivity contribution >= 4 is 18.3 Å². The van der Waals surface area contributed by atoms with E-state index >= 15 is 0 Å². The topological polar surface area (TPSA) is 81.6 Å². The highest BCUT2D eigenvalue weighted by atomic mass is 35.5. The Morgan fingerprint density at radius 3 is 2.68 bits per heavy atom. The lowest BCUT2D eigenvalue weighted by Gasteiger charge is -2.35. The van der Waals surface area contributed by atoms with Gasteiger partial charge in [-0.25, -0.2) is 4.98 Å². The molecule has 2 aliphatic rings. The van der Waals surface area contributed by atoms with Crippen LogP contribution in [0.25, 0.3) is 0 Å². The van der Waals surface area contributed by atoms with Gasteiger partial charge in [-0.1, -0.05) is 20.8 Å². The van der Waals surface area contributed by atoms with E-state index in [0.29, 0.717) is 19.5 Å². The first-order chi connectivity index (χ1) is 11.3. The number of amides is 1. The van der Waals surface area contributed by atoms with Gasteiger partial charge in [0.15, 0.2) is 5.89 Å². The number of ether oxygens (including phenoxy) is 1. The summed E-state index contributed by atoms with van der Waals surface area (Å²) in [6, 6.07) is -0.0578. The third-order valence-corrected chi connectivity index (χ3v) is 5.17. The number of oxazole rings is 1. The zero-order chi connectivity index (χ0) is 17.5. The molecule has 1 saturated carbocycles. The molecule has 7 heteroatoms. The highest BCUT2D eigenvalue weighted by Crippen LogP contribution is 2.31. The second-order valence-electron chi connectivity index (χ2n) is 8.10. The average Bonchev–Trinajstić information content (AvgIpc) is 2.97. The van der Waals surface area contributed by atoms with Crippen molar-refractivity contribution in [1.29, 1.82) is 0 Å². The van der Waals surface area contributed by atoms with Gasteiger partial charge < -0.3 is 19.8 Å². The Bertz CT molecular complexity index is 611. The van der Waals surface area contributed by atoms with Gasteiger partial charge in [0.05, 0.1) is 12.6 Å². The van der Waals surface area contributed by atoms with Gasteiger partial charge in [0.1, 0.15) is 11.5 Å². The Kier molecular flexibility index (Phi) is 6.17. The molecule has 2 heterocycles. The van der Waals surface area contributed by atoms with E-state index in [1.165, 1.54) is 0 Å². The number of aromatic nitrogens is 1. The first-order valence-electron chi connectivity index (χ1n) is 8.86. The lowest BCUT2D eigenvalue weighted by molar-refractivity contribution is -0.138. The molecule has 25 heavy (non-hydrogen) atoms. The summed E-state index contributed by atoms with van der Waals surface area (Å²) in [4.78, 5) is 19.4. The number of nitrogens with zero attached hydrogens (tertiary/aromatic N) is 2. The SMILES string of the molecule is CO[C@@H]1CC[C@H](C(=O)N2CCc3oc(C(C)(C)C)nc3C2)C[C@H]1N.Cl. The number of hydrogen-bond acceptors (Lipinski definition) is 5. The van der Waals surface area contributed by atoms with Crippen LogP contribution in [0.3, 0.4) is 0 Å². The number of hydrogen-bond donors (Lipinski definition) is 1. The van der Waals surface area contributed by atoms with E-state index in [-0.39, 0.29) is 41.8 Å². The number of halogens is 1. The molecule has 1 aliphatic heterocycles. The second-order valence-corrected chi connectivity index (χ2v) is 8.10. The molecule has 1 amide bonds. The van der Waals surface area contributed by atoms with E-state index in [1.54, 1.807) is 7.11 Å². The lowest BCUT2D eigenvalue weighted by Crippen LogP contribution is -2.47. The number of nitrogens with two attached hydrogens (primary N) is 1. The van der Waals surface area contributed by atoms with Crippen molar-refractivity contribution in [3.63, 3.8) is 0 Å². The lowest BCUT2D eigenvalue weighted by atomic mass is 9.83. The molecule has 1 fully saturated rings. The fourth-order valence-electron chi connectivity index (χ4n) is 3.66. The van der Waals surface area contributed by atoms with Crippen LogP contribution >= 0.6 is 12.4 Å². The average molecular weight is 372 g/mol. The van der Waals surface area contributed by atoms with E-state index in [1.807, 2.05) is 4.90 Å². The Balaban J connectivity index is 0.00000225. The normalized spacial score (nSPS) is 26.8. The maximum atomic E-state index is 12.9. The third kappa shape index (κ3) is 4.18. The molecule has 0 unspecified atom stereocenters. The number of rotatable bonds is 2. The van der Waals surface area contributed by atoms with Crippen LogP contribution in [0, 0.1) is 5.92 Å². The van der Waals surface area contributed by atoms with Gasteiger partial charge in [-0.2, -0.15) is 0 Å². The molecule has 3 rings (SSSR count). The Labute approximate surface area is 155 Å². The minimum absolute atomic E-state index is 0. The number of methoxy groups -OCH3 is 1. The molecule has 2 N–H and O–H groups in total. The van der Waals surface area contributed by atoms with Crippen molar-refractivity contribution in [3.8, 4) is 0 Å². The smallest absolute Gasteiger partial charge is 0.226 e. The summed E-state index contributed by atoms with van der Waals surface area (Å²) in [6.07, 6.45) is 3.22. The van der Waals surface area contributed by atoms with Crippen LogP contribution in [-0.4, -0.2) is 41.6 Å². The van der Waals surface area contributed by atoms with E-state index in [0.717, 1.165) is 36.6 Å². The van der Waals surface area contributed by atoms with E-state index in [2.05, 4.69) is 25.8 Å². The standard InChI is InChI=1S/C18H29N3O3.ClH/c1-18(2,3)17-20-13-10-21(8-7-15(13)24-17)16(22)11-5-6-14(23-4)12(19)9-11;/h11-12,14H,5-10,19H2,1-4H3;1H/t11-,12+,14+;/m0./s1. The predicted octanol–water partition coefficient (Wildman–Crippen LogP) is 2.42. The number of carbonyl (C=O) groups excluding carboxylic acids is 1. The summed E-state index contributed by atoms with van der Waals surface area (Å²) >= 11 is 0. The second kappa shape index (κ2) is 7.64. The van der Waals surface area contributed by atoms with Crippen LogP contribution in [-0.2, 0) is 27.9 Å². The van der Waals surface area contributed by atoms with Gasteiger partial charge in [-0.15, -0.1) is 12.4 Å². The van der Waals surface area contributed by atoms with Gasteiger partial charge in [0.2, 0.25) is 5.91 Å². The summed E-state index contributed by atoms with van der Waals surface area (Å²) in [5.41, 5.74) is 6.95. The van der Waals surface area contributed by atoms with Crippen molar-refractivity contribution in [3.05, 3.63) is 17.3 Å². The number of fused-ring (bicyclic) bond motifs is 1. The van der Waals surface area contributed by atoms with E-state index < -0.39 is 0 Å². The molecule has 0 radical (unpaired) electrons. The maximum Gasteiger partial charge on any atom is 0.226 e. The first-order valence-corrected chi connectivity index (χ1v) is 8.86. The molecule has 0 spiro atoms. The molecule has 0 saturated heterocycles. The monoisotopic (exact) mass is 371 g/mol. The molecule has 6 nitrogen and oxygen atoms in total. The molecule has 142 valence electrons. The summed E-state index contributed by atoms with van der Waals surface area (Å²) in [7, 11) is 1.69. The van der Waals surface area contributed by atoms with Crippen molar-refractivity contribution in [2.45, 2.75) is 70.6 Å². The van der Waals surface area contributed by atoms with Crippen LogP contribution in [0.4, 0.5) is 0 Å². The zero-order valence-electron chi connectivity index (χ0n) is 15.6. The molecule has 1 aromatic heterocycles. The predicted molar refractivity (Wildman–Crippen MR) is 97.7 cm³/mol. The Morgan fingerprint density at radius 2 is 2.08 bits per heavy atom. The van der Waals surface area contributed by atoms with Crippen LogP contribution in [0.1, 0.15) is 57.4 Å². The summed E-state index contributed by atoms with van der Waals surface area (Å²) in [5.74, 6) is 1.89.